The maximum absolute atomic E-state index is 6.20. The van der Waals surface area contributed by atoms with E-state index in [1.807, 2.05) is 6.07 Å². The third-order valence-corrected chi connectivity index (χ3v) is 6.69. The van der Waals surface area contributed by atoms with E-state index in [1.54, 1.807) is 0 Å². The van der Waals surface area contributed by atoms with Crippen LogP contribution in [-0.2, 0) is 0 Å². The average molecular weight is 451 g/mol. The van der Waals surface area contributed by atoms with Gasteiger partial charge in [-0.2, -0.15) is 0 Å². The molecule has 0 aliphatic heterocycles. The minimum atomic E-state index is 0.634. The van der Waals surface area contributed by atoms with Gasteiger partial charge >= 0.3 is 0 Å². The van der Waals surface area contributed by atoms with Crippen molar-refractivity contribution in [2.24, 2.45) is 0 Å². The van der Waals surface area contributed by atoms with Crippen LogP contribution in [0, 0.1) is 6.92 Å². The van der Waals surface area contributed by atoms with Crippen LogP contribution >= 0.6 is 0 Å². The quantitative estimate of drug-likeness (QED) is 0.270. The lowest BCUT2D eigenvalue weighted by molar-refractivity contribution is 0.620. The highest BCUT2D eigenvalue weighted by atomic mass is 16.3. The van der Waals surface area contributed by atoms with Gasteiger partial charge in [0.15, 0.2) is 5.58 Å². The lowest BCUT2D eigenvalue weighted by atomic mass is 10.0. The topological polar surface area (TPSA) is 31.0 Å². The van der Waals surface area contributed by atoms with Crippen molar-refractivity contribution in [1.82, 2.24) is 9.55 Å². The van der Waals surface area contributed by atoms with E-state index in [0.717, 1.165) is 27.9 Å². The lowest BCUT2D eigenvalue weighted by Gasteiger charge is -2.08. The molecule has 0 atom stereocenters. The molecule has 0 N–H and O–H groups in total. The highest BCUT2D eigenvalue weighted by Gasteiger charge is 2.13. The molecule has 0 fully saturated rings. The summed E-state index contributed by atoms with van der Waals surface area (Å²) in [5, 5.41) is 2.52. The zero-order chi connectivity index (χ0) is 23.4. The highest BCUT2D eigenvalue weighted by molar-refractivity contribution is 6.09. The van der Waals surface area contributed by atoms with E-state index in [2.05, 4.69) is 121 Å². The smallest absolute Gasteiger partial charge is 0.227 e. The molecule has 2 heterocycles. The van der Waals surface area contributed by atoms with Crippen molar-refractivity contribution in [2.75, 3.05) is 0 Å². The molecule has 0 unspecified atom stereocenters. The minimum absolute atomic E-state index is 0.634. The molecule has 0 bridgehead atoms. The zero-order valence-electron chi connectivity index (χ0n) is 19.3. The first kappa shape index (κ1) is 19.8. The summed E-state index contributed by atoms with van der Waals surface area (Å²) in [5.41, 5.74) is 9.69. The van der Waals surface area contributed by atoms with Gasteiger partial charge in [-0.3, -0.25) is 0 Å². The molecule has 0 aliphatic carbocycles. The van der Waals surface area contributed by atoms with Crippen molar-refractivity contribution in [3.63, 3.8) is 0 Å². The van der Waals surface area contributed by atoms with Gasteiger partial charge in [0, 0.05) is 22.0 Å². The molecule has 0 amide bonds. The molecule has 35 heavy (non-hydrogen) atoms. The average Bonchev–Trinajstić information content (AvgIpc) is 3.48. The molecule has 0 radical (unpaired) electrons. The largest absolute Gasteiger partial charge is 0.436 e. The highest BCUT2D eigenvalue weighted by Crippen LogP contribution is 2.33. The Hall–Kier alpha value is -4.63. The zero-order valence-corrected chi connectivity index (χ0v) is 19.3. The maximum atomic E-state index is 6.20. The fourth-order valence-electron chi connectivity index (χ4n) is 5.01. The Balaban J connectivity index is 1.29. The summed E-state index contributed by atoms with van der Waals surface area (Å²) in [4.78, 5) is 4.75. The van der Waals surface area contributed by atoms with E-state index in [9.17, 15) is 0 Å². The van der Waals surface area contributed by atoms with Gasteiger partial charge in [-0.15, -0.1) is 0 Å². The number of hydrogen-bond donors (Lipinski definition) is 0. The standard InChI is InChI=1S/C32H22N2O/c1-21-7-6-8-23(19-21)24-15-18-28-31(20-24)35-32(33-28)22-13-16-25(17-14-22)34-29-11-4-2-9-26(29)27-10-3-5-12-30(27)34/h2-20H,1H3. The summed E-state index contributed by atoms with van der Waals surface area (Å²) in [7, 11) is 0. The van der Waals surface area contributed by atoms with Gasteiger partial charge in [0.25, 0.3) is 0 Å². The summed E-state index contributed by atoms with van der Waals surface area (Å²) >= 11 is 0. The normalized spacial score (nSPS) is 11.6. The van der Waals surface area contributed by atoms with Crippen LogP contribution in [0.25, 0.3) is 61.2 Å². The van der Waals surface area contributed by atoms with Gasteiger partial charge in [-0.05, 0) is 66.6 Å². The van der Waals surface area contributed by atoms with Crippen molar-refractivity contribution in [3.05, 3.63) is 121 Å². The van der Waals surface area contributed by atoms with Crippen LogP contribution in [0.2, 0.25) is 0 Å². The number of hydrogen-bond acceptors (Lipinski definition) is 2. The van der Waals surface area contributed by atoms with E-state index >= 15 is 0 Å². The summed E-state index contributed by atoms with van der Waals surface area (Å²) < 4.78 is 8.51. The van der Waals surface area contributed by atoms with E-state index in [1.165, 1.54) is 32.9 Å². The monoisotopic (exact) mass is 450 g/mol. The minimum Gasteiger partial charge on any atom is -0.436 e. The molecule has 0 saturated carbocycles. The van der Waals surface area contributed by atoms with Crippen LogP contribution in [0.4, 0.5) is 0 Å². The first-order valence-corrected chi connectivity index (χ1v) is 11.8. The molecule has 3 heteroatoms. The SMILES string of the molecule is Cc1cccc(-c2ccc3nc(-c4ccc(-n5c6ccccc6c6ccccc65)cc4)oc3c2)c1. The number of aromatic nitrogens is 2. The second kappa shape index (κ2) is 7.71. The van der Waals surface area contributed by atoms with E-state index < -0.39 is 0 Å². The number of rotatable bonds is 3. The first-order valence-electron chi connectivity index (χ1n) is 11.8. The number of oxazole rings is 1. The van der Waals surface area contributed by atoms with Crippen LogP contribution in [0.1, 0.15) is 5.56 Å². The lowest BCUT2D eigenvalue weighted by Crippen LogP contribution is -1.93. The Morgan fingerprint density at radius 1 is 0.600 bits per heavy atom. The molecule has 2 aromatic heterocycles. The Morgan fingerprint density at radius 2 is 1.26 bits per heavy atom. The van der Waals surface area contributed by atoms with Gasteiger partial charge in [-0.1, -0.05) is 72.3 Å². The fraction of sp³-hybridized carbons (Fsp3) is 0.0312. The molecule has 0 aliphatic rings. The second-order valence-electron chi connectivity index (χ2n) is 8.99. The Labute approximate surface area is 202 Å². The third kappa shape index (κ3) is 3.24. The Kier molecular flexibility index (Phi) is 4.36. The molecular formula is C32H22N2O. The predicted octanol–water partition coefficient (Wildman–Crippen LogP) is 8.57. The number of para-hydroxylation sites is 2. The maximum Gasteiger partial charge on any atom is 0.227 e. The van der Waals surface area contributed by atoms with Crippen molar-refractivity contribution in [1.29, 1.82) is 0 Å². The number of fused-ring (bicyclic) bond motifs is 4. The first-order chi connectivity index (χ1) is 17.2. The molecular weight excluding hydrogens is 428 g/mol. The number of benzene rings is 5. The molecule has 5 aromatic carbocycles. The van der Waals surface area contributed by atoms with Crippen molar-refractivity contribution >= 4 is 32.9 Å². The van der Waals surface area contributed by atoms with Gasteiger partial charge in [0.1, 0.15) is 5.52 Å². The summed E-state index contributed by atoms with van der Waals surface area (Å²) in [6.07, 6.45) is 0. The van der Waals surface area contributed by atoms with Crippen LogP contribution < -0.4 is 0 Å². The Morgan fingerprint density at radius 3 is 1.97 bits per heavy atom. The van der Waals surface area contributed by atoms with E-state index in [-0.39, 0.29) is 0 Å². The molecule has 7 aromatic rings. The van der Waals surface area contributed by atoms with Crippen molar-refractivity contribution in [3.8, 4) is 28.3 Å². The fourth-order valence-corrected chi connectivity index (χ4v) is 5.01. The molecule has 7 rings (SSSR count). The molecule has 3 nitrogen and oxygen atoms in total. The number of aryl methyl sites for hydroxylation is 1. The van der Waals surface area contributed by atoms with Crippen LogP contribution in [0.5, 0.6) is 0 Å². The molecule has 0 saturated heterocycles. The second-order valence-corrected chi connectivity index (χ2v) is 8.99. The van der Waals surface area contributed by atoms with Gasteiger partial charge in [0.05, 0.1) is 11.0 Å². The van der Waals surface area contributed by atoms with Crippen LogP contribution in [0.15, 0.2) is 120 Å². The van der Waals surface area contributed by atoms with E-state index in [4.69, 9.17) is 9.40 Å². The van der Waals surface area contributed by atoms with Gasteiger partial charge in [0.2, 0.25) is 5.89 Å². The van der Waals surface area contributed by atoms with Crippen LogP contribution in [0.3, 0.4) is 0 Å². The van der Waals surface area contributed by atoms with Crippen LogP contribution in [-0.4, -0.2) is 9.55 Å². The van der Waals surface area contributed by atoms with E-state index in [0.29, 0.717) is 5.89 Å². The third-order valence-electron chi connectivity index (χ3n) is 6.69. The number of nitrogens with zero attached hydrogens (tertiary/aromatic N) is 2. The molecule has 166 valence electrons. The summed E-state index contributed by atoms with van der Waals surface area (Å²) in [6.45, 7) is 2.11. The summed E-state index contributed by atoms with van der Waals surface area (Å²) in [6, 6.07) is 40.3. The van der Waals surface area contributed by atoms with Gasteiger partial charge < -0.3 is 8.98 Å². The predicted molar refractivity (Wildman–Crippen MR) is 144 cm³/mol. The van der Waals surface area contributed by atoms with Gasteiger partial charge in [-0.25, -0.2) is 4.98 Å². The Bertz CT molecular complexity index is 1800. The van der Waals surface area contributed by atoms with Crippen molar-refractivity contribution in [2.45, 2.75) is 6.92 Å². The summed E-state index contributed by atoms with van der Waals surface area (Å²) in [5.74, 6) is 0.634. The van der Waals surface area contributed by atoms with Crippen molar-refractivity contribution < 1.29 is 4.42 Å². The molecule has 0 spiro atoms.